The van der Waals surface area contributed by atoms with Crippen molar-refractivity contribution in [2.75, 3.05) is 6.54 Å². The number of aliphatic imine (C=N–C) groups is 1. The lowest BCUT2D eigenvalue weighted by atomic mass is 9.75. The Kier molecular flexibility index (Phi) is 4.63. The Hall–Kier alpha value is -0.730. The van der Waals surface area contributed by atoms with Gasteiger partial charge in [-0.2, -0.15) is 0 Å². The number of hydrogen-bond acceptors (Lipinski definition) is 1. The van der Waals surface area contributed by atoms with Gasteiger partial charge in [0.1, 0.15) is 0 Å². The first kappa shape index (κ1) is 13.3. The van der Waals surface area contributed by atoms with Gasteiger partial charge in [-0.3, -0.25) is 4.99 Å². The fourth-order valence-corrected chi connectivity index (χ4v) is 2.36. The first-order valence-corrected chi connectivity index (χ1v) is 6.45. The molecule has 94 valence electrons. The minimum absolute atomic E-state index is 0.453. The molecule has 0 aromatic carbocycles. The SMILES string of the molecule is CC(C)CN=C(N)NC1CCCC(C)(C)C1. The van der Waals surface area contributed by atoms with Crippen molar-refractivity contribution in [2.24, 2.45) is 22.1 Å². The number of hydrogen-bond donors (Lipinski definition) is 2. The van der Waals surface area contributed by atoms with Crippen LogP contribution >= 0.6 is 0 Å². The highest BCUT2D eigenvalue weighted by Gasteiger charge is 2.27. The quantitative estimate of drug-likeness (QED) is 0.573. The normalized spacial score (nSPS) is 25.8. The standard InChI is InChI=1S/C13H27N3/c1-10(2)9-15-12(14)16-11-6-5-7-13(3,4)8-11/h10-11H,5-9H2,1-4H3,(H3,14,15,16). The van der Waals surface area contributed by atoms with Crippen LogP contribution in [-0.2, 0) is 0 Å². The van der Waals surface area contributed by atoms with Gasteiger partial charge in [0.05, 0.1) is 0 Å². The third-order valence-corrected chi connectivity index (χ3v) is 3.18. The second-order valence-electron chi connectivity index (χ2n) is 6.22. The highest BCUT2D eigenvalue weighted by Crippen LogP contribution is 2.34. The fraction of sp³-hybridized carbons (Fsp3) is 0.923. The Balaban J connectivity index is 2.39. The summed E-state index contributed by atoms with van der Waals surface area (Å²) in [6, 6.07) is 0.514. The maximum atomic E-state index is 5.88. The summed E-state index contributed by atoms with van der Waals surface area (Å²) in [6.07, 6.45) is 5.04. The molecule has 0 heterocycles. The summed E-state index contributed by atoms with van der Waals surface area (Å²) >= 11 is 0. The van der Waals surface area contributed by atoms with Crippen LogP contribution in [-0.4, -0.2) is 18.5 Å². The Morgan fingerprint density at radius 1 is 1.50 bits per heavy atom. The molecule has 0 aliphatic heterocycles. The minimum atomic E-state index is 0.453. The van der Waals surface area contributed by atoms with E-state index in [4.69, 9.17) is 5.73 Å². The van der Waals surface area contributed by atoms with Crippen LogP contribution in [0.3, 0.4) is 0 Å². The van der Waals surface area contributed by atoms with E-state index in [2.05, 4.69) is 38.0 Å². The van der Waals surface area contributed by atoms with E-state index in [0.29, 0.717) is 23.3 Å². The second kappa shape index (κ2) is 5.55. The maximum Gasteiger partial charge on any atom is 0.188 e. The summed E-state index contributed by atoms with van der Waals surface area (Å²) in [6.45, 7) is 9.79. The van der Waals surface area contributed by atoms with E-state index in [1.807, 2.05) is 0 Å². The molecule has 16 heavy (non-hydrogen) atoms. The average molecular weight is 225 g/mol. The van der Waals surface area contributed by atoms with Crippen LogP contribution in [0.2, 0.25) is 0 Å². The van der Waals surface area contributed by atoms with Gasteiger partial charge in [0, 0.05) is 12.6 Å². The van der Waals surface area contributed by atoms with Crippen molar-refractivity contribution in [3.63, 3.8) is 0 Å². The van der Waals surface area contributed by atoms with E-state index in [1.54, 1.807) is 0 Å². The van der Waals surface area contributed by atoms with Gasteiger partial charge in [0.2, 0.25) is 0 Å². The third-order valence-electron chi connectivity index (χ3n) is 3.18. The Morgan fingerprint density at radius 3 is 2.75 bits per heavy atom. The van der Waals surface area contributed by atoms with Gasteiger partial charge in [0.15, 0.2) is 5.96 Å². The predicted molar refractivity (Wildman–Crippen MR) is 70.5 cm³/mol. The van der Waals surface area contributed by atoms with Crippen LogP contribution < -0.4 is 11.1 Å². The Morgan fingerprint density at radius 2 is 2.19 bits per heavy atom. The molecule has 0 saturated heterocycles. The molecule has 1 aliphatic rings. The predicted octanol–water partition coefficient (Wildman–Crippen LogP) is 2.52. The molecule has 0 aromatic rings. The van der Waals surface area contributed by atoms with Gasteiger partial charge in [-0.25, -0.2) is 0 Å². The topological polar surface area (TPSA) is 50.4 Å². The van der Waals surface area contributed by atoms with Crippen molar-refractivity contribution in [3.05, 3.63) is 0 Å². The van der Waals surface area contributed by atoms with Crippen LogP contribution in [0.25, 0.3) is 0 Å². The number of nitrogens with one attached hydrogen (secondary N) is 1. The summed E-state index contributed by atoms with van der Waals surface area (Å²) in [5.41, 5.74) is 6.33. The first-order valence-electron chi connectivity index (χ1n) is 6.45. The van der Waals surface area contributed by atoms with Crippen LogP contribution in [0, 0.1) is 11.3 Å². The van der Waals surface area contributed by atoms with E-state index in [0.717, 1.165) is 6.54 Å². The molecule has 0 aromatic heterocycles. The minimum Gasteiger partial charge on any atom is -0.370 e. The largest absolute Gasteiger partial charge is 0.370 e. The number of nitrogens with two attached hydrogens (primary N) is 1. The molecule has 1 aliphatic carbocycles. The van der Waals surface area contributed by atoms with Crippen LogP contribution in [0.4, 0.5) is 0 Å². The van der Waals surface area contributed by atoms with Crippen LogP contribution in [0.5, 0.6) is 0 Å². The molecule has 1 fully saturated rings. The molecule has 1 unspecified atom stereocenters. The zero-order valence-corrected chi connectivity index (χ0v) is 11.2. The van der Waals surface area contributed by atoms with Gasteiger partial charge in [-0.05, 0) is 30.6 Å². The molecule has 3 nitrogen and oxygen atoms in total. The molecular weight excluding hydrogens is 198 g/mol. The van der Waals surface area contributed by atoms with Crippen molar-refractivity contribution in [2.45, 2.75) is 59.4 Å². The van der Waals surface area contributed by atoms with E-state index < -0.39 is 0 Å². The van der Waals surface area contributed by atoms with E-state index in [-0.39, 0.29) is 0 Å². The third kappa shape index (κ3) is 4.86. The summed E-state index contributed by atoms with van der Waals surface area (Å²) in [4.78, 5) is 4.35. The van der Waals surface area contributed by atoms with Gasteiger partial charge >= 0.3 is 0 Å². The molecule has 3 N–H and O–H groups in total. The fourth-order valence-electron chi connectivity index (χ4n) is 2.36. The molecule has 0 bridgehead atoms. The van der Waals surface area contributed by atoms with Gasteiger partial charge < -0.3 is 11.1 Å². The maximum absolute atomic E-state index is 5.88. The Bertz CT molecular complexity index is 244. The number of nitrogens with zero attached hydrogens (tertiary/aromatic N) is 1. The Labute approximate surface area is 99.9 Å². The lowest BCUT2D eigenvalue weighted by Crippen LogP contribution is -2.44. The van der Waals surface area contributed by atoms with Crippen LogP contribution in [0.15, 0.2) is 4.99 Å². The number of guanidine groups is 1. The average Bonchev–Trinajstić information content (AvgIpc) is 2.13. The number of rotatable bonds is 3. The molecule has 0 amide bonds. The highest BCUT2D eigenvalue weighted by molar-refractivity contribution is 5.78. The molecule has 1 saturated carbocycles. The molecule has 1 atom stereocenters. The first-order chi connectivity index (χ1) is 7.39. The lowest BCUT2D eigenvalue weighted by molar-refractivity contribution is 0.210. The van der Waals surface area contributed by atoms with Gasteiger partial charge in [0.25, 0.3) is 0 Å². The molecule has 0 radical (unpaired) electrons. The van der Waals surface area contributed by atoms with Crippen molar-refractivity contribution < 1.29 is 0 Å². The molecule has 1 rings (SSSR count). The lowest BCUT2D eigenvalue weighted by Gasteiger charge is -2.35. The van der Waals surface area contributed by atoms with Crippen molar-refractivity contribution in [1.82, 2.24) is 5.32 Å². The summed E-state index contributed by atoms with van der Waals surface area (Å²) in [5, 5.41) is 3.36. The summed E-state index contributed by atoms with van der Waals surface area (Å²) in [7, 11) is 0. The van der Waals surface area contributed by atoms with Gasteiger partial charge in [-0.15, -0.1) is 0 Å². The van der Waals surface area contributed by atoms with E-state index in [1.165, 1.54) is 25.7 Å². The zero-order valence-electron chi connectivity index (χ0n) is 11.2. The second-order valence-corrected chi connectivity index (χ2v) is 6.22. The highest BCUT2D eigenvalue weighted by atomic mass is 15.1. The van der Waals surface area contributed by atoms with E-state index >= 15 is 0 Å². The van der Waals surface area contributed by atoms with E-state index in [9.17, 15) is 0 Å². The van der Waals surface area contributed by atoms with Crippen LogP contribution in [0.1, 0.15) is 53.4 Å². The van der Waals surface area contributed by atoms with Crippen molar-refractivity contribution in [3.8, 4) is 0 Å². The molecule has 0 spiro atoms. The summed E-state index contributed by atoms with van der Waals surface area (Å²) in [5.74, 6) is 1.19. The molecular formula is C13H27N3. The monoisotopic (exact) mass is 225 g/mol. The zero-order chi connectivity index (χ0) is 12.2. The summed E-state index contributed by atoms with van der Waals surface area (Å²) < 4.78 is 0. The van der Waals surface area contributed by atoms with Gasteiger partial charge in [-0.1, -0.05) is 34.1 Å². The smallest absolute Gasteiger partial charge is 0.188 e. The molecule has 3 heteroatoms. The van der Waals surface area contributed by atoms with Crippen molar-refractivity contribution in [1.29, 1.82) is 0 Å². The van der Waals surface area contributed by atoms with Crippen molar-refractivity contribution >= 4 is 5.96 Å².